The first-order chi connectivity index (χ1) is 34.4. The van der Waals surface area contributed by atoms with Gasteiger partial charge in [0.2, 0.25) is 53.2 Å². The number of aromatic hydroxyl groups is 1. The summed E-state index contributed by atoms with van der Waals surface area (Å²) in [5.41, 5.74) is 24.4. The number of aliphatic hydroxyl groups is 1. The fourth-order valence-electron chi connectivity index (χ4n) is 7.22. The van der Waals surface area contributed by atoms with Crippen LogP contribution in [0.1, 0.15) is 69.9 Å². The molecule has 2 aromatic carbocycles. The van der Waals surface area contributed by atoms with Crippen molar-refractivity contribution in [1.29, 1.82) is 0 Å². The third-order valence-corrected chi connectivity index (χ3v) is 14.1. The van der Waals surface area contributed by atoms with Crippen LogP contribution in [0.5, 0.6) is 5.75 Å². The second kappa shape index (κ2) is 32.2. The van der Waals surface area contributed by atoms with Crippen molar-refractivity contribution in [1.82, 2.24) is 42.5 Å². The zero-order valence-electron chi connectivity index (χ0n) is 40.7. The zero-order valence-corrected chi connectivity index (χ0v) is 42.3. The van der Waals surface area contributed by atoms with Crippen LogP contribution >= 0.6 is 21.6 Å². The second-order valence-electron chi connectivity index (χ2n) is 17.4. The minimum atomic E-state index is -1.64. The molecule has 23 nitrogen and oxygen atoms in total. The molecule has 0 aliphatic carbocycles. The van der Waals surface area contributed by atoms with Gasteiger partial charge in [0, 0.05) is 24.3 Å². The monoisotopic (exact) mass is 1040 g/mol. The summed E-state index contributed by atoms with van der Waals surface area (Å²) in [5, 5.41) is 40.8. The van der Waals surface area contributed by atoms with Crippen LogP contribution in [0, 0.1) is 5.92 Å². The zero-order chi connectivity index (χ0) is 53.2. The third kappa shape index (κ3) is 21.0. The molecule has 0 spiro atoms. The van der Waals surface area contributed by atoms with Gasteiger partial charge in [-0.25, -0.2) is 0 Å². The number of hydrogen-bond donors (Lipinski definition) is 14. The number of phenolic OH excluding ortho intramolecular Hbond substituents is 1. The van der Waals surface area contributed by atoms with Crippen molar-refractivity contribution in [3.63, 3.8) is 0 Å². The van der Waals surface area contributed by atoms with Crippen LogP contribution in [0.15, 0.2) is 54.6 Å². The maximum atomic E-state index is 14.3. The highest BCUT2D eigenvalue weighted by Crippen LogP contribution is 2.24. The predicted molar refractivity (Wildman–Crippen MR) is 273 cm³/mol. The van der Waals surface area contributed by atoms with Crippen LogP contribution < -0.4 is 65.5 Å². The number of carbonyl (C=O) groups is 9. The number of amides is 9. The summed E-state index contributed by atoms with van der Waals surface area (Å²) in [7, 11) is 2.12. The molecule has 1 heterocycles. The van der Waals surface area contributed by atoms with Gasteiger partial charge in [-0.2, -0.15) is 0 Å². The Morgan fingerprint density at radius 1 is 0.694 bits per heavy atom. The molecule has 0 bridgehead atoms. The number of nitrogens with one attached hydrogen (secondary N) is 8. The standard InChI is InChI=1S/C47H72N12O11S2/c1-3-27(2)39-47(70)57-34(22-29-15-17-30(61)18-16-29)42(65)52-23-38(62)53-36(24-60)45(68)56-35(21-28-11-5-4-6-12-28)44(67)58-37(26-72-71-25-31(50)41(64)59-39)46(69)55-33(14-8-10-20-49)43(66)54-32(40(51)63)13-7-9-19-48/h4-6,11-12,15-18,27,31-37,39,60-61H,3,7-10,13-14,19-26,48-50H2,1-2H3,(H2,51,63)(H,52,65)(H,53,62)(H,54,66)(H,55,69)(H,56,68)(H,57,70)(H,58,67)(H,59,64)/t27-,31+,32-,33-,34-,35-,36-,37-,39-/m0/s1. The number of aliphatic hydroxyl groups excluding tert-OH is 1. The lowest BCUT2D eigenvalue weighted by atomic mass is 9.97. The maximum Gasteiger partial charge on any atom is 0.245 e. The summed E-state index contributed by atoms with van der Waals surface area (Å²) >= 11 is 0. The first kappa shape index (κ1) is 60.3. The lowest BCUT2D eigenvalue weighted by Gasteiger charge is -2.27. The van der Waals surface area contributed by atoms with E-state index in [9.17, 15) is 53.4 Å². The molecular weight excluding hydrogens is 973 g/mol. The number of unbranched alkanes of at least 4 members (excludes halogenated alkanes) is 2. The fourth-order valence-corrected chi connectivity index (χ4v) is 9.50. The van der Waals surface area contributed by atoms with Gasteiger partial charge in [0.1, 0.15) is 48.0 Å². The highest BCUT2D eigenvalue weighted by molar-refractivity contribution is 8.76. The Morgan fingerprint density at radius 3 is 1.86 bits per heavy atom. The van der Waals surface area contributed by atoms with E-state index in [0.29, 0.717) is 49.8 Å². The highest BCUT2D eigenvalue weighted by Gasteiger charge is 2.35. The van der Waals surface area contributed by atoms with E-state index in [4.69, 9.17) is 22.9 Å². The molecule has 2 aromatic rings. The third-order valence-electron chi connectivity index (χ3n) is 11.7. The number of phenols is 1. The van der Waals surface area contributed by atoms with Gasteiger partial charge >= 0.3 is 0 Å². The molecule has 1 aliphatic rings. The summed E-state index contributed by atoms with van der Waals surface area (Å²) in [6, 6.07) is 3.93. The molecule has 3 rings (SSSR count). The molecule has 1 aliphatic heterocycles. The summed E-state index contributed by atoms with van der Waals surface area (Å²) in [6.07, 6.45) is 2.43. The minimum Gasteiger partial charge on any atom is -0.508 e. The number of hydrogen-bond acceptors (Lipinski definition) is 16. The molecule has 9 amide bonds. The molecule has 1 saturated heterocycles. The van der Waals surface area contributed by atoms with Gasteiger partial charge in [-0.3, -0.25) is 43.2 Å². The van der Waals surface area contributed by atoms with Crippen LogP contribution in [0.25, 0.3) is 0 Å². The molecule has 9 atom stereocenters. The van der Waals surface area contributed by atoms with Crippen LogP contribution in [-0.4, -0.2) is 149 Å². The van der Waals surface area contributed by atoms with Crippen LogP contribution in [0.4, 0.5) is 0 Å². The molecule has 18 N–H and O–H groups in total. The number of rotatable bonds is 20. The van der Waals surface area contributed by atoms with Gasteiger partial charge < -0.3 is 75.7 Å². The van der Waals surface area contributed by atoms with E-state index in [-0.39, 0.29) is 49.5 Å². The average molecular weight is 1050 g/mol. The summed E-state index contributed by atoms with van der Waals surface area (Å²) in [4.78, 5) is 123. The average Bonchev–Trinajstić information content (AvgIpc) is 3.36. The molecule has 0 saturated carbocycles. The van der Waals surface area contributed by atoms with E-state index < -0.39 is 121 Å². The number of primary amides is 1. The van der Waals surface area contributed by atoms with Crippen molar-refractivity contribution in [3.8, 4) is 5.75 Å². The lowest BCUT2D eigenvalue weighted by molar-refractivity contribution is -0.135. The van der Waals surface area contributed by atoms with Crippen molar-refractivity contribution >= 4 is 74.8 Å². The van der Waals surface area contributed by atoms with Crippen LogP contribution in [-0.2, 0) is 56.0 Å². The van der Waals surface area contributed by atoms with Gasteiger partial charge in [-0.05, 0) is 80.8 Å². The quantitative estimate of drug-likeness (QED) is 0.0470. The SMILES string of the molecule is CC[C@H](C)[C@@H]1NC(=O)[C@H](N)CSSC[C@@H](C(=O)N[C@@H](CCCCN)C(=O)N[C@@H](CCCCN)C(N)=O)NC(=O)[C@H](Cc2ccccc2)NC(=O)[C@H](CO)NC(=O)CNC(=O)[C@H](Cc2ccc(O)cc2)NC1=O. The first-order valence-corrected chi connectivity index (χ1v) is 26.4. The number of benzene rings is 2. The van der Waals surface area contributed by atoms with Crippen LogP contribution in [0.2, 0.25) is 0 Å². The molecule has 1 fully saturated rings. The summed E-state index contributed by atoms with van der Waals surface area (Å²) in [6.45, 7) is 2.50. The molecule has 0 unspecified atom stereocenters. The van der Waals surface area contributed by atoms with E-state index >= 15 is 0 Å². The highest BCUT2D eigenvalue weighted by atomic mass is 33.1. The van der Waals surface area contributed by atoms with Gasteiger partial charge in [-0.1, -0.05) is 84.3 Å². The van der Waals surface area contributed by atoms with Crippen molar-refractivity contribution in [3.05, 3.63) is 65.7 Å². The maximum absolute atomic E-state index is 14.3. The van der Waals surface area contributed by atoms with E-state index in [1.807, 2.05) is 0 Å². The number of carbonyl (C=O) groups excluding carboxylic acids is 9. The smallest absolute Gasteiger partial charge is 0.245 e. The Balaban J connectivity index is 2.03. The molecule has 0 radical (unpaired) electrons. The minimum absolute atomic E-state index is 0.0407. The van der Waals surface area contributed by atoms with Crippen molar-refractivity contribution < 1.29 is 53.4 Å². The number of nitrogens with two attached hydrogens (primary N) is 4. The van der Waals surface area contributed by atoms with Gasteiger partial charge in [0.15, 0.2) is 0 Å². The normalized spacial score (nSPS) is 22.5. The largest absolute Gasteiger partial charge is 0.508 e. The van der Waals surface area contributed by atoms with Gasteiger partial charge in [0.05, 0.1) is 19.2 Å². The van der Waals surface area contributed by atoms with Crippen molar-refractivity contribution in [2.75, 3.05) is 37.7 Å². The first-order valence-electron chi connectivity index (χ1n) is 23.9. The Labute approximate surface area is 427 Å². The van der Waals surface area contributed by atoms with Crippen LogP contribution in [0.3, 0.4) is 0 Å². The Bertz CT molecular complexity index is 2110. The van der Waals surface area contributed by atoms with E-state index in [2.05, 4.69) is 42.5 Å². The van der Waals surface area contributed by atoms with Gasteiger partial charge in [0.25, 0.3) is 0 Å². The Morgan fingerprint density at radius 2 is 1.26 bits per heavy atom. The second-order valence-corrected chi connectivity index (χ2v) is 20.0. The summed E-state index contributed by atoms with van der Waals surface area (Å²) < 4.78 is 0. The summed E-state index contributed by atoms with van der Waals surface area (Å²) in [5.74, 6) is -8.10. The Kier molecular flexibility index (Phi) is 26.9. The van der Waals surface area contributed by atoms with E-state index in [0.717, 1.165) is 21.6 Å². The predicted octanol–water partition coefficient (Wildman–Crippen LogP) is -2.81. The molecule has 72 heavy (non-hydrogen) atoms. The van der Waals surface area contributed by atoms with E-state index in [1.165, 1.54) is 24.3 Å². The van der Waals surface area contributed by atoms with Crippen molar-refractivity contribution in [2.24, 2.45) is 28.9 Å². The topological polar surface area (TPSA) is 394 Å². The fraction of sp³-hybridized carbons (Fsp3) is 0.553. The molecule has 25 heteroatoms. The molecule has 398 valence electrons. The lowest BCUT2D eigenvalue weighted by Crippen LogP contribution is -2.60. The van der Waals surface area contributed by atoms with E-state index in [1.54, 1.807) is 44.2 Å². The Hall–Kier alpha value is -5.99. The molecule has 0 aromatic heterocycles. The van der Waals surface area contributed by atoms with Crippen molar-refractivity contribution in [2.45, 2.75) is 120 Å². The molecular formula is C47H72N12O11S2. The van der Waals surface area contributed by atoms with Gasteiger partial charge in [-0.15, -0.1) is 0 Å².